The van der Waals surface area contributed by atoms with E-state index >= 15 is 0 Å². The molecule has 180 valence electrons. The highest BCUT2D eigenvalue weighted by Gasteiger charge is 2.48. The Morgan fingerprint density at radius 3 is 2.83 bits per heavy atom. The Kier molecular flexibility index (Phi) is 5.72. The minimum absolute atomic E-state index is 0. The Bertz CT molecular complexity index is 1590. The quantitative estimate of drug-likeness (QED) is 0.392. The van der Waals surface area contributed by atoms with E-state index in [0.717, 1.165) is 0 Å². The molecule has 35 heavy (non-hydrogen) atoms. The summed E-state index contributed by atoms with van der Waals surface area (Å²) in [7, 11) is 0. The molecule has 0 amide bonds. The number of anilines is 1. The normalized spacial score (nSPS) is 17.2. The van der Waals surface area contributed by atoms with Gasteiger partial charge in [-0.15, -0.1) is 0 Å². The molecule has 0 saturated carbocycles. The van der Waals surface area contributed by atoms with Crippen LogP contribution < -0.4 is 10.5 Å². The molecule has 13 heteroatoms. The summed E-state index contributed by atoms with van der Waals surface area (Å²) in [5, 5.41) is 5.42. The van der Waals surface area contributed by atoms with Gasteiger partial charge in [0.2, 0.25) is 0 Å². The van der Waals surface area contributed by atoms with Gasteiger partial charge in [0.1, 0.15) is 23.3 Å². The van der Waals surface area contributed by atoms with Crippen LogP contribution in [0.3, 0.4) is 0 Å². The van der Waals surface area contributed by atoms with Crippen LogP contribution in [0.15, 0.2) is 60.0 Å². The van der Waals surface area contributed by atoms with E-state index in [1.165, 1.54) is 20.3 Å². The van der Waals surface area contributed by atoms with Crippen LogP contribution in [0.2, 0.25) is 5.02 Å². The third kappa shape index (κ3) is 3.92. The molecule has 0 spiro atoms. The second kappa shape index (κ2) is 8.61. The Morgan fingerprint density at radius 2 is 2.03 bits per heavy atom. The number of hydrogen-bond acceptors (Lipinski definition) is 6. The molecular formula is C22H19ClF2N8OS. The maximum atomic E-state index is 14.9. The largest absolute Gasteiger partial charge is 0.346 e. The molecule has 1 saturated heterocycles. The first kappa shape index (κ1) is 23.2. The number of halogens is 3. The summed E-state index contributed by atoms with van der Waals surface area (Å²) in [5.74, 6) is -2.50. The number of aromatic nitrogens is 7. The van der Waals surface area contributed by atoms with Gasteiger partial charge in [-0.2, -0.15) is 18.6 Å². The number of H-pyrrole nitrogens is 1. The second-order valence-corrected chi connectivity index (χ2v) is 8.58. The van der Waals surface area contributed by atoms with Gasteiger partial charge < -0.3 is 9.88 Å². The number of nitrogens with zero attached hydrogens (tertiary/aromatic N) is 7. The summed E-state index contributed by atoms with van der Waals surface area (Å²) in [6.45, 7) is -0.516. The van der Waals surface area contributed by atoms with Crippen molar-refractivity contribution in [3.05, 3.63) is 82.1 Å². The van der Waals surface area contributed by atoms with E-state index in [1.807, 2.05) is 0 Å². The molecule has 0 bridgehead atoms. The number of rotatable bonds is 4. The van der Waals surface area contributed by atoms with Crippen LogP contribution in [0, 0.1) is 0 Å². The number of fused-ring (bicyclic) bond motifs is 2. The van der Waals surface area contributed by atoms with Crippen LogP contribution in [0.25, 0.3) is 16.6 Å². The average Bonchev–Trinajstić information content (AvgIpc) is 3.53. The fraction of sp³-hybridized carbons (Fsp3) is 0.227. The van der Waals surface area contributed by atoms with E-state index in [0.29, 0.717) is 22.5 Å². The first-order chi connectivity index (χ1) is 16.4. The SMILES string of the molecule is O=c1c2c(Cl)ccn2nc([C@@H]2CC(F)(F)CN2c2ncnc3[nH]ccc23)n1Cc1ccccn1.S. The molecule has 1 aliphatic rings. The van der Waals surface area contributed by atoms with Crippen LogP contribution in [-0.2, 0) is 6.54 Å². The lowest BCUT2D eigenvalue weighted by molar-refractivity contribution is 0.0218. The van der Waals surface area contributed by atoms with Gasteiger partial charge in [0.05, 0.1) is 35.2 Å². The number of nitrogens with one attached hydrogen (secondary N) is 1. The molecule has 1 fully saturated rings. The van der Waals surface area contributed by atoms with Crippen LogP contribution in [-0.4, -0.2) is 46.6 Å². The van der Waals surface area contributed by atoms with Crippen molar-refractivity contribution >= 4 is 47.5 Å². The standard InChI is InChI=1S/C22H17ClF2N8O.H2S/c23-15-5-8-33-17(15)21(34)31(10-13-3-1-2-6-26-13)20(30-33)16-9-22(24,25)11-32(16)19-14-4-7-27-18(14)28-12-29-19;/h1-8,12,16H,9-11H2,(H,27,28,29);1H2/t16-;/m0./s1. The van der Waals surface area contributed by atoms with Gasteiger partial charge in [0.25, 0.3) is 11.5 Å². The molecule has 9 nitrogen and oxygen atoms in total. The molecule has 1 aliphatic heterocycles. The lowest BCUT2D eigenvalue weighted by Crippen LogP contribution is -2.34. The summed E-state index contributed by atoms with van der Waals surface area (Å²) >= 11 is 6.25. The summed E-state index contributed by atoms with van der Waals surface area (Å²) in [6, 6.07) is 7.67. The summed E-state index contributed by atoms with van der Waals surface area (Å²) in [4.78, 5) is 30.8. The molecule has 0 radical (unpaired) electrons. The van der Waals surface area contributed by atoms with Gasteiger partial charge in [-0.25, -0.2) is 23.3 Å². The minimum atomic E-state index is -3.02. The first-order valence-corrected chi connectivity index (χ1v) is 10.9. The molecule has 6 heterocycles. The third-order valence-corrected chi connectivity index (χ3v) is 6.28. The Hall–Kier alpha value is -3.51. The average molecular weight is 517 g/mol. The molecule has 0 unspecified atom stereocenters. The monoisotopic (exact) mass is 516 g/mol. The van der Waals surface area contributed by atoms with Gasteiger partial charge in [-0.1, -0.05) is 17.7 Å². The highest BCUT2D eigenvalue weighted by molar-refractivity contribution is 7.59. The molecule has 0 aromatic carbocycles. The Labute approximate surface area is 208 Å². The van der Waals surface area contributed by atoms with Crippen molar-refractivity contribution in [2.75, 3.05) is 11.4 Å². The van der Waals surface area contributed by atoms with Crippen LogP contribution >= 0.6 is 25.1 Å². The van der Waals surface area contributed by atoms with Crippen molar-refractivity contribution in [2.24, 2.45) is 0 Å². The minimum Gasteiger partial charge on any atom is -0.346 e. The van der Waals surface area contributed by atoms with Crippen LogP contribution in [0.4, 0.5) is 14.6 Å². The van der Waals surface area contributed by atoms with Gasteiger partial charge in [0.15, 0.2) is 5.82 Å². The van der Waals surface area contributed by atoms with Gasteiger partial charge >= 0.3 is 0 Å². The van der Waals surface area contributed by atoms with E-state index in [2.05, 4.69) is 25.0 Å². The summed E-state index contributed by atoms with van der Waals surface area (Å²) in [5.41, 5.74) is 0.861. The first-order valence-electron chi connectivity index (χ1n) is 10.5. The van der Waals surface area contributed by atoms with Crippen molar-refractivity contribution in [3.8, 4) is 0 Å². The summed E-state index contributed by atoms with van der Waals surface area (Å²) in [6.07, 6.45) is 5.62. The second-order valence-electron chi connectivity index (χ2n) is 8.17. The molecule has 1 atom stereocenters. The van der Waals surface area contributed by atoms with E-state index in [4.69, 9.17) is 11.6 Å². The number of pyridine rings is 1. The molecule has 0 aliphatic carbocycles. The summed E-state index contributed by atoms with van der Waals surface area (Å²) < 4.78 is 32.5. The highest BCUT2D eigenvalue weighted by Crippen LogP contribution is 2.43. The topological polar surface area (TPSA) is 97.0 Å². The zero-order valence-corrected chi connectivity index (χ0v) is 19.8. The van der Waals surface area contributed by atoms with Crippen LogP contribution in [0.1, 0.15) is 24.0 Å². The lowest BCUT2D eigenvalue weighted by Gasteiger charge is -2.26. The van der Waals surface area contributed by atoms with Crippen molar-refractivity contribution in [3.63, 3.8) is 0 Å². The predicted octanol–water partition coefficient (Wildman–Crippen LogP) is 3.56. The number of hydrogen-bond donors (Lipinski definition) is 1. The van der Waals surface area contributed by atoms with Crippen molar-refractivity contribution in [1.82, 2.24) is 34.1 Å². The van der Waals surface area contributed by atoms with Crippen LogP contribution in [0.5, 0.6) is 0 Å². The van der Waals surface area contributed by atoms with E-state index in [9.17, 15) is 13.6 Å². The van der Waals surface area contributed by atoms with E-state index in [-0.39, 0.29) is 36.4 Å². The maximum Gasteiger partial charge on any atom is 0.279 e. The van der Waals surface area contributed by atoms with Gasteiger partial charge in [0, 0.05) is 25.0 Å². The smallest absolute Gasteiger partial charge is 0.279 e. The van der Waals surface area contributed by atoms with E-state index in [1.54, 1.807) is 48.9 Å². The molecule has 5 aromatic heterocycles. The predicted molar refractivity (Wildman–Crippen MR) is 132 cm³/mol. The Balaban J connectivity index is 0.00000253. The number of aromatic amines is 1. The van der Waals surface area contributed by atoms with Crippen molar-refractivity contribution in [1.29, 1.82) is 0 Å². The highest BCUT2D eigenvalue weighted by atomic mass is 35.5. The molecule has 1 N–H and O–H groups in total. The molecular weight excluding hydrogens is 498 g/mol. The zero-order valence-electron chi connectivity index (χ0n) is 18.1. The molecule has 6 rings (SSSR count). The maximum absolute atomic E-state index is 14.9. The van der Waals surface area contributed by atoms with E-state index < -0.39 is 30.5 Å². The zero-order chi connectivity index (χ0) is 23.4. The third-order valence-electron chi connectivity index (χ3n) is 5.97. The number of alkyl halides is 2. The molecule has 5 aromatic rings. The van der Waals surface area contributed by atoms with Crippen molar-refractivity contribution < 1.29 is 8.78 Å². The Morgan fingerprint density at radius 1 is 1.17 bits per heavy atom. The van der Waals surface area contributed by atoms with Gasteiger partial charge in [-0.05, 0) is 24.3 Å². The fourth-order valence-electron chi connectivity index (χ4n) is 4.49. The fourth-order valence-corrected chi connectivity index (χ4v) is 4.71. The van der Waals surface area contributed by atoms with Gasteiger partial charge in [-0.3, -0.25) is 14.3 Å². The lowest BCUT2D eigenvalue weighted by atomic mass is 10.1. The van der Waals surface area contributed by atoms with Crippen molar-refractivity contribution in [2.45, 2.75) is 24.9 Å².